The zero-order chi connectivity index (χ0) is 15.4. The molecule has 0 aliphatic carbocycles. The van der Waals surface area contributed by atoms with Gasteiger partial charge in [-0.05, 0) is 11.6 Å². The van der Waals surface area contributed by atoms with E-state index in [0.717, 1.165) is 22.4 Å². The van der Waals surface area contributed by atoms with Gasteiger partial charge in [-0.25, -0.2) is 0 Å². The highest BCUT2D eigenvalue weighted by Crippen LogP contribution is 2.36. The van der Waals surface area contributed by atoms with Gasteiger partial charge >= 0.3 is 0 Å². The van der Waals surface area contributed by atoms with Gasteiger partial charge in [-0.1, -0.05) is 60.1 Å². The first kappa shape index (κ1) is 14.4. The van der Waals surface area contributed by atoms with Crippen molar-refractivity contribution in [3.63, 3.8) is 0 Å². The normalized spacial score (nSPS) is 10.4. The molecule has 110 valence electrons. The summed E-state index contributed by atoms with van der Waals surface area (Å²) in [6.45, 7) is 0.492. The first-order chi connectivity index (χ1) is 10.8. The third-order valence-corrected chi connectivity index (χ3v) is 3.65. The van der Waals surface area contributed by atoms with E-state index in [1.165, 1.54) is 6.20 Å². The van der Waals surface area contributed by atoms with Gasteiger partial charge in [-0.2, -0.15) is 0 Å². The number of nitrogen functional groups attached to an aromatic ring is 1. The number of nitrogens with two attached hydrogens (primary N) is 1. The Labute approximate surface area is 134 Å². The summed E-state index contributed by atoms with van der Waals surface area (Å²) < 4.78 is 5.95. The van der Waals surface area contributed by atoms with Crippen LogP contribution in [0.1, 0.15) is 5.56 Å². The van der Waals surface area contributed by atoms with Crippen molar-refractivity contribution >= 4 is 17.3 Å². The van der Waals surface area contributed by atoms with Crippen LogP contribution in [0.3, 0.4) is 0 Å². The molecule has 0 atom stereocenters. The summed E-state index contributed by atoms with van der Waals surface area (Å²) in [6, 6.07) is 17.7. The number of hydrogen-bond acceptors (Lipinski definition) is 3. The van der Waals surface area contributed by atoms with E-state index >= 15 is 0 Å². The predicted octanol–water partition coefficient (Wildman–Crippen LogP) is 4.56. The van der Waals surface area contributed by atoms with Crippen molar-refractivity contribution in [3.05, 3.63) is 77.6 Å². The summed E-state index contributed by atoms with van der Waals surface area (Å²) in [5.41, 5.74) is 9.33. The van der Waals surface area contributed by atoms with Crippen LogP contribution in [0.2, 0.25) is 5.02 Å². The van der Waals surface area contributed by atoms with E-state index in [2.05, 4.69) is 4.98 Å². The number of rotatable bonds is 4. The molecule has 0 fully saturated rings. The third kappa shape index (κ3) is 3.05. The molecular formula is C18H15ClN2O. The number of halogens is 1. The van der Waals surface area contributed by atoms with Crippen LogP contribution in [0.5, 0.6) is 5.75 Å². The molecule has 0 saturated carbocycles. The fraction of sp³-hybridized carbons (Fsp3) is 0.0556. The van der Waals surface area contributed by atoms with Gasteiger partial charge in [-0.15, -0.1) is 0 Å². The minimum absolute atomic E-state index is 0.440. The summed E-state index contributed by atoms with van der Waals surface area (Å²) >= 11 is 6.06. The molecule has 3 rings (SSSR count). The zero-order valence-electron chi connectivity index (χ0n) is 11.9. The van der Waals surface area contributed by atoms with Crippen molar-refractivity contribution in [2.45, 2.75) is 6.61 Å². The number of para-hydroxylation sites is 1. The number of pyridine rings is 1. The van der Waals surface area contributed by atoms with Crippen LogP contribution in [0, 0.1) is 0 Å². The van der Waals surface area contributed by atoms with Crippen LogP contribution in [0.25, 0.3) is 11.1 Å². The Morgan fingerprint density at radius 1 is 0.909 bits per heavy atom. The quantitative estimate of drug-likeness (QED) is 0.768. The third-order valence-electron chi connectivity index (χ3n) is 3.35. The van der Waals surface area contributed by atoms with Gasteiger partial charge < -0.3 is 10.5 Å². The van der Waals surface area contributed by atoms with Crippen molar-refractivity contribution in [1.29, 1.82) is 0 Å². The van der Waals surface area contributed by atoms with Gasteiger partial charge in [0.05, 0.1) is 10.7 Å². The average Bonchev–Trinajstić information content (AvgIpc) is 2.57. The number of anilines is 1. The Hall–Kier alpha value is -2.52. The van der Waals surface area contributed by atoms with Gasteiger partial charge in [0.15, 0.2) is 0 Å². The highest BCUT2D eigenvalue weighted by molar-refractivity contribution is 6.33. The first-order valence-electron chi connectivity index (χ1n) is 6.91. The summed E-state index contributed by atoms with van der Waals surface area (Å²) in [5, 5.41) is 0.440. The second kappa shape index (κ2) is 6.50. The van der Waals surface area contributed by atoms with E-state index in [4.69, 9.17) is 22.1 Å². The Morgan fingerprint density at radius 2 is 1.64 bits per heavy atom. The second-order valence-corrected chi connectivity index (χ2v) is 5.26. The zero-order valence-corrected chi connectivity index (χ0v) is 12.6. The van der Waals surface area contributed by atoms with E-state index in [1.54, 1.807) is 6.20 Å². The molecule has 0 amide bonds. The molecular weight excluding hydrogens is 296 g/mol. The number of hydrogen-bond donors (Lipinski definition) is 1. The first-order valence-corrected chi connectivity index (χ1v) is 7.28. The minimum Gasteiger partial charge on any atom is -0.488 e. The largest absolute Gasteiger partial charge is 0.488 e. The fourth-order valence-electron chi connectivity index (χ4n) is 2.21. The molecule has 0 spiro atoms. The monoisotopic (exact) mass is 310 g/mol. The van der Waals surface area contributed by atoms with Crippen LogP contribution in [-0.4, -0.2) is 4.98 Å². The van der Waals surface area contributed by atoms with E-state index in [9.17, 15) is 0 Å². The maximum atomic E-state index is 6.06. The van der Waals surface area contributed by atoms with Gasteiger partial charge in [0.2, 0.25) is 0 Å². The summed E-state index contributed by atoms with van der Waals surface area (Å²) in [4.78, 5) is 4.11. The molecule has 3 nitrogen and oxygen atoms in total. The van der Waals surface area contributed by atoms with Gasteiger partial charge in [0.1, 0.15) is 12.4 Å². The van der Waals surface area contributed by atoms with E-state index in [0.29, 0.717) is 17.3 Å². The van der Waals surface area contributed by atoms with Gasteiger partial charge in [-0.3, -0.25) is 4.98 Å². The molecule has 2 aromatic carbocycles. The predicted molar refractivity (Wildman–Crippen MR) is 89.9 cm³/mol. The average molecular weight is 311 g/mol. The lowest BCUT2D eigenvalue weighted by Crippen LogP contribution is -1.98. The second-order valence-electron chi connectivity index (χ2n) is 4.85. The molecule has 1 aromatic heterocycles. The maximum absolute atomic E-state index is 6.06. The topological polar surface area (TPSA) is 48.1 Å². The van der Waals surface area contributed by atoms with E-state index < -0.39 is 0 Å². The highest BCUT2D eigenvalue weighted by atomic mass is 35.5. The van der Waals surface area contributed by atoms with Gasteiger partial charge in [0, 0.05) is 23.5 Å². The lowest BCUT2D eigenvalue weighted by Gasteiger charge is -2.13. The molecule has 22 heavy (non-hydrogen) atoms. The standard InChI is InChI=1S/C18H15ClN2O/c19-16-11-21-10-15(18(16)20)14-8-4-5-9-17(14)22-12-13-6-2-1-3-7-13/h1-11H,12H2,(H2,20,21). The Morgan fingerprint density at radius 3 is 2.45 bits per heavy atom. The van der Waals surface area contributed by atoms with Crippen LogP contribution < -0.4 is 10.5 Å². The maximum Gasteiger partial charge on any atom is 0.127 e. The van der Waals surface area contributed by atoms with Gasteiger partial charge in [0.25, 0.3) is 0 Å². The molecule has 0 aliphatic rings. The lowest BCUT2D eigenvalue weighted by molar-refractivity contribution is 0.307. The molecule has 1 heterocycles. The van der Waals surface area contributed by atoms with Crippen molar-refractivity contribution in [2.24, 2.45) is 0 Å². The number of ether oxygens (including phenoxy) is 1. The number of aromatic nitrogens is 1. The van der Waals surface area contributed by atoms with Crippen molar-refractivity contribution in [2.75, 3.05) is 5.73 Å². The molecule has 0 bridgehead atoms. The highest BCUT2D eigenvalue weighted by Gasteiger charge is 2.11. The molecule has 0 unspecified atom stereocenters. The van der Waals surface area contributed by atoms with Crippen LogP contribution in [0.4, 0.5) is 5.69 Å². The minimum atomic E-state index is 0.440. The fourth-order valence-corrected chi connectivity index (χ4v) is 2.37. The van der Waals surface area contributed by atoms with E-state index in [1.807, 2.05) is 54.6 Å². The molecule has 4 heteroatoms. The summed E-state index contributed by atoms with van der Waals surface area (Å²) in [6.07, 6.45) is 3.24. The van der Waals surface area contributed by atoms with Crippen molar-refractivity contribution in [3.8, 4) is 16.9 Å². The smallest absolute Gasteiger partial charge is 0.127 e. The summed E-state index contributed by atoms with van der Waals surface area (Å²) in [5.74, 6) is 0.752. The SMILES string of the molecule is Nc1c(Cl)cncc1-c1ccccc1OCc1ccccc1. The van der Waals surface area contributed by atoms with Crippen LogP contribution in [-0.2, 0) is 6.61 Å². The Bertz CT molecular complexity index is 775. The van der Waals surface area contributed by atoms with E-state index in [-0.39, 0.29) is 0 Å². The number of benzene rings is 2. The Balaban J connectivity index is 1.92. The lowest BCUT2D eigenvalue weighted by atomic mass is 10.1. The molecule has 2 N–H and O–H groups in total. The molecule has 0 saturated heterocycles. The Kier molecular flexibility index (Phi) is 4.26. The van der Waals surface area contributed by atoms with Crippen LogP contribution in [0.15, 0.2) is 67.0 Å². The van der Waals surface area contributed by atoms with Crippen LogP contribution >= 0.6 is 11.6 Å². The molecule has 3 aromatic rings. The van der Waals surface area contributed by atoms with Crippen molar-refractivity contribution in [1.82, 2.24) is 4.98 Å². The molecule has 0 aliphatic heterocycles. The van der Waals surface area contributed by atoms with Crippen molar-refractivity contribution < 1.29 is 4.74 Å². The molecule has 0 radical (unpaired) electrons. The number of nitrogens with zero attached hydrogens (tertiary/aromatic N) is 1. The summed E-state index contributed by atoms with van der Waals surface area (Å²) in [7, 11) is 0.